The molecule has 0 atom stereocenters. The number of hydrogen-bond donors (Lipinski definition) is 0. The van der Waals surface area contributed by atoms with E-state index >= 15 is 0 Å². The minimum Gasteiger partial charge on any atom is -0.497 e. The third kappa shape index (κ3) is 4.73. The molecule has 1 saturated heterocycles. The molecule has 0 aromatic heterocycles. The molecule has 0 radical (unpaired) electrons. The Morgan fingerprint density at radius 1 is 1.24 bits per heavy atom. The van der Waals surface area contributed by atoms with Gasteiger partial charge in [0.25, 0.3) is 0 Å². The van der Waals surface area contributed by atoms with E-state index in [2.05, 4.69) is 13.8 Å². The van der Waals surface area contributed by atoms with Crippen LogP contribution in [0.2, 0.25) is 0 Å². The molecule has 1 aliphatic heterocycles. The summed E-state index contributed by atoms with van der Waals surface area (Å²) in [5.41, 5.74) is 0. The third-order valence-electron chi connectivity index (χ3n) is 4.52. The first-order chi connectivity index (χ1) is 11.8. The topological polar surface area (TPSA) is 66.9 Å². The van der Waals surface area contributed by atoms with Gasteiger partial charge in [0.05, 0.1) is 12.0 Å². The summed E-state index contributed by atoms with van der Waals surface area (Å²) in [6.45, 7) is 5.63. The van der Waals surface area contributed by atoms with Crippen LogP contribution in [0.1, 0.15) is 26.7 Å². The van der Waals surface area contributed by atoms with Gasteiger partial charge >= 0.3 is 0 Å². The van der Waals surface area contributed by atoms with E-state index in [4.69, 9.17) is 4.74 Å². The molecule has 1 aromatic rings. The first-order valence-electron chi connectivity index (χ1n) is 8.65. The molecule has 1 fully saturated rings. The van der Waals surface area contributed by atoms with Crippen LogP contribution in [0, 0.1) is 11.8 Å². The number of methoxy groups -OCH3 is 1. The Balaban J connectivity index is 1.99. The molecule has 0 saturated carbocycles. The number of ether oxygens (including phenoxy) is 1. The summed E-state index contributed by atoms with van der Waals surface area (Å²) < 4.78 is 32.0. The van der Waals surface area contributed by atoms with Crippen LogP contribution in [-0.4, -0.2) is 57.3 Å². The number of carbonyl (C=O) groups is 1. The summed E-state index contributed by atoms with van der Waals surface area (Å²) in [4.78, 5) is 14.5. The van der Waals surface area contributed by atoms with E-state index in [0.717, 1.165) is 6.54 Å². The van der Waals surface area contributed by atoms with Crippen LogP contribution in [0.5, 0.6) is 5.75 Å². The van der Waals surface area contributed by atoms with Crippen molar-refractivity contribution >= 4 is 15.9 Å². The van der Waals surface area contributed by atoms with Crippen molar-refractivity contribution in [2.75, 3.05) is 33.8 Å². The molecule has 1 aromatic carbocycles. The number of piperidine rings is 1. The lowest BCUT2D eigenvalue weighted by molar-refractivity contribution is -0.135. The van der Waals surface area contributed by atoms with Crippen molar-refractivity contribution in [3.05, 3.63) is 24.3 Å². The monoisotopic (exact) mass is 368 g/mol. The molecule has 0 bridgehead atoms. The van der Waals surface area contributed by atoms with Crippen molar-refractivity contribution in [2.24, 2.45) is 11.8 Å². The van der Waals surface area contributed by atoms with E-state index in [1.165, 1.54) is 4.31 Å². The summed E-state index contributed by atoms with van der Waals surface area (Å²) in [6, 6.07) is 6.40. The second-order valence-corrected chi connectivity index (χ2v) is 8.90. The fourth-order valence-corrected chi connectivity index (χ4v) is 4.66. The van der Waals surface area contributed by atoms with E-state index in [0.29, 0.717) is 37.6 Å². The molecule has 1 heterocycles. The zero-order valence-electron chi connectivity index (χ0n) is 15.4. The van der Waals surface area contributed by atoms with Gasteiger partial charge in [0.1, 0.15) is 5.75 Å². The Morgan fingerprint density at radius 3 is 2.28 bits per heavy atom. The maximum absolute atomic E-state index is 12.7. The van der Waals surface area contributed by atoms with Gasteiger partial charge in [-0.15, -0.1) is 0 Å². The molecular weight excluding hydrogens is 340 g/mol. The second-order valence-electron chi connectivity index (χ2n) is 6.97. The van der Waals surface area contributed by atoms with Gasteiger partial charge in [0, 0.05) is 32.6 Å². The normalized spacial score (nSPS) is 16.8. The number of sulfonamides is 1. The molecule has 6 nitrogen and oxygen atoms in total. The van der Waals surface area contributed by atoms with Gasteiger partial charge in [-0.1, -0.05) is 13.8 Å². The molecule has 0 unspecified atom stereocenters. The minimum absolute atomic E-state index is 0.0916. The maximum Gasteiger partial charge on any atom is 0.243 e. The van der Waals surface area contributed by atoms with E-state index in [-0.39, 0.29) is 16.7 Å². The first-order valence-corrected chi connectivity index (χ1v) is 10.1. The number of amides is 1. The second kappa shape index (κ2) is 8.19. The fraction of sp³-hybridized carbons (Fsp3) is 0.611. The summed E-state index contributed by atoms with van der Waals surface area (Å²) in [5.74, 6) is 1.07. The summed E-state index contributed by atoms with van der Waals surface area (Å²) in [6.07, 6.45) is 1.13. The van der Waals surface area contributed by atoms with Gasteiger partial charge in [0.2, 0.25) is 15.9 Å². The van der Waals surface area contributed by atoms with Crippen LogP contribution in [0.15, 0.2) is 29.2 Å². The van der Waals surface area contributed by atoms with Gasteiger partial charge < -0.3 is 9.64 Å². The van der Waals surface area contributed by atoms with Gasteiger partial charge in [0.15, 0.2) is 0 Å². The van der Waals surface area contributed by atoms with Crippen LogP contribution in [0.25, 0.3) is 0 Å². The van der Waals surface area contributed by atoms with Crippen LogP contribution in [0.4, 0.5) is 0 Å². The van der Waals surface area contributed by atoms with Crippen molar-refractivity contribution in [1.29, 1.82) is 0 Å². The Morgan fingerprint density at radius 2 is 1.80 bits per heavy atom. The largest absolute Gasteiger partial charge is 0.497 e. The van der Waals surface area contributed by atoms with E-state index in [1.807, 2.05) is 7.05 Å². The number of carbonyl (C=O) groups excluding carboxylic acids is 1. The first kappa shape index (κ1) is 19.7. The smallest absolute Gasteiger partial charge is 0.243 e. The van der Waals surface area contributed by atoms with E-state index in [9.17, 15) is 13.2 Å². The van der Waals surface area contributed by atoms with Gasteiger partial charge in [-0.25, -0.2) is 8.42 Å². The van der Waals surface area contributed by atoms with Crippen LogP contribution < -0.4 is 4.74 Å². The molecule has 0 N–H and O–H groups in total. The van der Waals surface area contributed by atoms with Crippen molar-refractivity contribution in [3.63, 3.8) is 0 Å². The molecule has 2 rings (SSSR count). The highest BCUT2D eigenvalue weighted by Crippen LogP contribution is 2.26. The Bertz CT molecular complexity index is 678. The molecular formula is C18H28N2O4S. The van der Waals surface area contributed by atoms with E-state index in [1.54, 1.807) is 36.3 Å². The molecule has 25 heavy (non-hydrogen) atoms. The number of hydrogen-bond acceptors (Lipinski definition) is 4. The third-order valence-corrected chi connectivity index (χ3v) is 6.43. The Labute approximate surface area is 150 Å². The van der Waals surface area contributed by atoms with Gasteiger partial charge in [-0.05, 0) is 43.0 Å². The maximum atomic E-state index is 12.7. The molecule has 0 aliphatic carbocycles. The lowest BCUT2D eigenvalue weighted by atomic mass is 9.96. The highest BCUT2D eigenvalue weighted by molar-refractivity contribution is 7.89. The van der Waals surface area contributed by atoms with Crippen molar-refractivity contribution in [2.45, 2.75) is 31.6 Å². The lowest BCUT2D eigenvalue weighted by Crippen LogP contribution is -2.44. The SMILES string of the molecule is COc1ccc(S(=O)(=O)N2CCC(C(=O)N(C)CC(C)C)CC2)cc1. The highest BCUT2D eigenvalue weighted by Gasteiger charge is 2.33. The van der Waals surface area contributed by atoms with Crippen LogP contribution in [-0.2, 0) is 14.8 Å². The molecule has 1 amide bonds. The minimum atomic E-state index is -3.52. The van der Waals surface area contributed by atoms with Gasteiger partial charge in [-0.2, -0.15) is 4.31 Å². The molecule has 1 aliphatic rings. The lowest BCUT2D eigenvalue weighted by Gasteiger charge is -2.33. The quantitative estimate of drug-likeness (QED) is 0.772. The summed E-state index contributed by atoms with van der Waals surface area (Å²) >= 11 is 0. The van der Waals surface area contributed by atoms with Crippen molar-refractivity contribution in [3.8, 4) is 5.75 Å². The standard InChI is InChI=1S/C18H28N2O4S/c1-14(2)13-19(3)18(21)15-9-11-20(12-10-15)25(22,23)17-7-5-16(24-4)6-8-17/h5-8,14-15H,9-13H2,1-4H3. The van der Waals surface area contributed by atoms with Crippen LogP contribution in [0.3, 0.4) is 0 Å². The van der Waals surface area contributed by atoms with Crippen molar-refractivity contribution < 1.29 is 17.9 Å². The number of rotatable bonds is 6. The summed E-state index contributed by atoms with van der Waals surface area (Å²) in [5, 5.41) is 0. The van der Waals surface area contributed by atoms with E-state index < -0.39 is 10.0 Å². The summed E-state index contributed by atoms with van der Waals surface area (Å²) in [7, 11) is -0.157. The average Bonchev–Trinajstić information content (AvgIpc) is 2.60. The molecule has 7 heteroatoms. The number of nitrogens with zero attached hydrogens (tertiary/aromatic N) is 2. The molecule has 140 valence electrons. The average molecular weight is 368 g/mol. The van der Waals surface area contributed by atoms with Gasteiger partial charge in [-0.3, -0.25) is 4.79 Å². The Hall–Kier alpha value is -1.60. The fourth-order valence-electron chi connectivity index (χ4n) is 3.19. The number of benzene rings is 1. The van der Waals surface area contributed by atoms with Crippen molar-refractivity contribution in [1.82, 2.24) is 9.21 Å². The Kier molecular flexibility index (Phi) is 6.46. The highest BCUT2D eigenvalue weighted by atomic mass is 32.2. The predicted octanol–water partition coefficient (Wildman–Crippen LogP) is 2.21. The zero-order chi connectivity index (χ0) is 18.6. The predicted molar refractivity (Wildman–Crippen MR) is 97.0 cm³/mol. The van der Waals surface area contributed by atoms with Crippen LogP contribution >= 0.6 is 0 Å². The molecule has 0 spiro atoms. The zero-order valence-corrected chi connectivity index (χ0v) is 16.3.